The first-order valence-electron chi connectivity index (χ1n) is 13.3. The smallest absolute Gasteiger partial charge is 0.316 e. The van der Waals surface area contributed by atoms with E-state index in [1.165, 1.54) is 0 Å². The minimum atomic E-state index is -5.97. The predicted octanol–water partition coefficient (Wildman–Crippen LogP) is 5.45. The van der Waals surface area contributed by atoms with E-state index < -0.39 is 85.2 Å². The van der Waals surface area contributed by atoms with Gasteiger partial charge in [-0.15, -0.1) is 0 Å². The number of rotatable bonds is 5. The molecule has 0 spiro atoms. The van der Waals surface area contributed by atoms with Gasteiger partial charge < -0.3 is 14.0 Å². The van der Waals surface area contributed by atoms with Crippen molar-refractivity contribution in [1.29, 1.82) is 0 Å². The van der Waals surface area contributed by atoms with E-state index in [0.29, 0.717) is 24.0 Å². The molecule has 2 bridgehead atoms. The number of halogens is 4. The molecule has 4 aliphatic carbocycles. The Hall–Kier alpha value is -3.77. The Morgan fingerprint density at radius 3 is 1.57 bits per heavy atom. The molecule has 0 aromatic heterocycles. The van der Waals surface area contributed by atoms with E-state index in [1.807, 2.05) is 12.1 Å². The largest absolute Gasteiger partial charge is 0.744 e. The van der Waals surface area contributed by atoms with Gasteiger partial charge in [0.05, 0.1) is 11.8 Å². The molecule has 3 aromatic rings. The van der Waals surface area contributed by atoms with Gasteiger partial charge in [0.25, 0.3) is 0 Å². The Kier molecular flexibility index (Phi) is 6.69. The summed E-state index contributed by atoms with van der Waals surface area (Å²) in [7, 11) is -5.97. The molecule has 42 heavy (non-hydrogen) atoms. The normalized spacial score (nSPS) is 23.7. The highest BCUT2D eigenvalue weighted by Gasteiger charge is 2.57. The van der Waals surface area contributed by atoms with E-state index in [2.05, 4.69) is 0 Å². The number of carbonyl (C=O) groups is 2. The van der Waals surface area contributed by atoms with Gasteiger partial charge in [-0.3, -0.25) is 9.59 Å². The Balaban J connectivity index is 1.49. The summed E-state index contributed by atoms with van der Waals surface area (Å²) in [5.74, 6) is -18.0. The quantitative estimate of drug-likeness (QED) is 0.125. The molecule has 4 aliphatic rings. The highest BCUT2D eigenvalue weighted by atomic mass is 32.2. The lowest BCUT2D eigenvalue weighted by molar-refractivity contribution is -0.170. The number of hydrogen-bond acceptors (Lipinski definition) is 7. The Morgan fingerprint density at radius 1 is 0.762 bits per heavy atom. The van der Waals surface area contributed by atoms with Crippen LogP contribution in [-0.4, -0.2) is 30.5 Å². The van der Waals surface area contributed by atoms with Crippen LogP contribution in [0.3, 0.4) is 0 Å². The summed E-state index contributed by atoms with van der Waals surface area (Å²) in [5.41, 5.74) is 2.04. The third-order valence-corrected chi connectivity index (χ3v) is 9.48. The van der Waals surface area contributed by atoms with Gasteiger partial charge in [0, 0.05) is 11.8 Å². The summed E-state index contributed by atoms with van der Waals surface area (Å²) in [6.07, 6.45) is 2.88. The van der Waals surface area contributed by atoms with Crippen molar-refractivity contribution in [2.24, 2.45) is 11.8 Å². The highest BCUT2D eigenvalue weighted by Crippen LogP contribution is 2.59. The number of fused-ring (bicyclic) bond motifs is 1. The van der Waals surface area contributed by atoms with Gasteiger partial charge in [-0.1, -0.05) is 48.5 Å². The Morgan fingerprint density at radius 2 is 1.17 bits per heavy atom. The van der Waals surface area contributed by atoms with E-state index >= 15 is 0 Å². The van der Waals surface area contributed by atoms with Crippen molar-refractivity contribution in [2.45, 2.75) is 54.9 Å². The standard InChI is InChI=1S/C30H24F4O7S/c1-30(12-6-7-13-30)41-29(36)21-19-16-10-4-2-8-14(16)18(15-9-3-5-11-17(15)19)20(21)28(35)40-26-22(31)24(33)27(42(37,38)39)25(34)23(26)32/h2-5,8-11,18-21H,6-7,12-13H2,1H3,(H,37,38,39)/p-1. The van der Waals surface area contributed by atoms with Crippen LogP contribution in [0.15, 0.2) is 53.4 Å². The summed E-state index contributed by atoms with van der Waals surface area (Å²) in [5, 5.41) is 0. The molecular weight excluding hydrogens is 580 g/mol. The van der Waals surface area contributed by atoms with Gasteiger partial charge in [-0.05, 0) is 54.9 Å². The maximum absolute atomic E-state index is 14.8. The topological polar surface area (TPSA) is 110 Å². The molecule has 1 saturated carbocycles. The molecule has 0 heterocycles. The van der Waals surface area contributed by atoms with Gasteiger partial charge >= 0.3 is 11.9 Å². The van der Waals surface area contributed by atoms with Crippen molar-refractivity contribution in [1.82, 2.24) is 0 Å². The van der Waals surface area contributed by atoms with Crippen molar-refractivity contribution < 1.29 is 49.6 Å². The van der Waals surface area contributed by atoms with E-state index in [4.69, 9.17) is 9.47 Å². The van der Waals surface area contributed by atoms with Gasteiger partial charge in [-0.2, -0.15) is 8.78 Å². The minimum Gasteiger partial charge on any atom is -0.744 e. The number of benzene rings is 3. The highest BCUT2D eigenvalue weighted by molar-refractivity contribution is 7.85. The minimum absolute atomic E-state index is 0.603. The van der Waals surface area contributed by atoms with E-state index in [0.717, 1.165) is 24.0 Å². The zero-order valence-electron chi connectivity index (χ0n) is 22.0. The second-order valence-electron chi connectivity index (χ2n) is 11.1. The second-order valence-corrected chi connectivity index (χ2v) is 12.4. The van der Waals surface area contributed by atoms with Crippen LogP contribution in [0.5, 0.6) is 5.75 Å². The van der Waals surface area contributed by atoms with Crippen LogP contribution in [0.1, 0.15) is 66.7 Å². The Bertz CT molecular complexity index is 1670. The molecular formula is C30H23F4O7S-. The van der Waals surface area contributed by atoms with Crippen LogP contribution in [0.4, 0.5) is 17.6 Å². The summed E-state index contributed by atoms with van der Waals surface area (Å²) in [4.78, 5) is 25.4. The number of carbonyl (C=O) groups excluding carboxylic acids is 2. The molecule has 220 valence electrons. The molecule has 7 rings (SSSR count). The third kappa shape index (κ3) is 4.30. The summed E-state index contributed by atoms with van der Waals surface area (Å²) < 4.78 is 103. The summed E-state index contributed by atoms with van der Waals surface area (Å²) in [6, 6.07) is 14.1. The average molecular weight is 604 g/mol. The molecule has 0 radical (unpaired) electrons. The zero-order valence-corrected chi connectivity index (χ0v) is 22.9. The van der Waals surface area contributed by atoms with Crippen LogP contribution < -0.4 is 4.74 Å². The molecule has 12 heteroatoms. The van der Waals surface area contributed by atoms with Crippen LogP contribution >= 0.6 is 0 Å². The van der Waals surface area contributed by atoms with Crippen molar-refractivity contribution in [3.8, 4) is 5.75 Å². The first-order valence-corrected chi connectivity index (χ1v) is 14.7. The van der Waals surface area contributed by atoms with E-state index in [9.17, 15) is 40.1 Å². The Labute approximate surface area is 238 Å². The van der Waals surface area contributed by atoms with Crippen molar-refractivity contribution >= 4 is 22.1 Å². The maximum atomic E-state index is 14.8. The van der Waals surface area contributed by atoms with Gasteiger partial charge in [0.1, 0.15) is 20.6 Å². The van der Waals surface area contributed by atoms with Gasteiger partial charge in [-0.25, -0.2) is 17.2 Å². The fraction of sp³-hybridized carbons (Fsp3) is 0.333. The molecule has 0 amide bonds. The third-order valence-electron chi connectivity index (χ3n) is 8.63. The molecule has 2 atom stereocenters. The molecule has 7 nitrogen and oxygen atoms in total. The first kappa shape index (κ1) is 28.4. The van der Waals surface area contributed by atoms with Crippen LogP contribution in [-0.2, 0) is 24.4 Å². The lowest BCUT2D eigenvalue weighted by Gasteiger charge is -2.48. The zero-order chi connectivity index (χ0) is 30.1. The lowest BCUT2D eigenvalue weighted by atomic mass is 9.54. The van der Waals surface area contributed by atoms with Crippen molar-refractivity contribution in [3.05, 3.63) is 94.1 Å². The van der Waals surface area contributed by atoms with E-state index in [1.54, 1.807) is 43.3 Å². The molecule has 0 N–H and O–H groups in total. The molecule has 3 aromatic carbocycles. The summed E-state index contributed by atoms with van der Waals surface area (Å²) in [6.45, 7) is 1.79. The van der Waals surface area contributed by atoms with E-state index in [-0.39, 0.29) is 0 Å². The van der Waals surface area contributed by atoms with Gasteiger partial charge in [0.15, 0.2) is 11.6 Å². The SMILES string of the molecule is CC1(OC(=O)C2C3c4ccccc4C(c4ccccc43)C2C(=O)Oc2c(F)c(F)c(S(=O)(=O)[O-])c(F)c2F)CCCC1. The monoisotopic (exact) mass is 603 g/mol. The average Bonchev–Trinajstić information content (AvgIpc) is 3.38. The molecule has 1 fully saturated rings. The number of ether oxygens (including phenoxy) is 2. The van der Waals surface area contributed by atoms with Gasteiger partial charge in [0.2, 0.25) is 17.4 Å². The fourth-order valence-corrected chi connectivity index (χ4v) is 7.47. The van der Waals surface area contributed by atoms with Crippen LogP contribution in [0.25, 0.3) is 0 Å². The van der Waals surface area contributed by atoms with Crippen LogP contribution in [0.2, 0.25) is 0 Å². The fourth-order valence-electron chi connectivity index (χ4n) is 6.85. The lowest BCUT2D eigenvalue weighted by Crippen LogP contribution is -2.50. The van der Waals surface area contributed by atoms with Crippen molar-refractivity contribution in [3.63, 3.8) is 0 Å². The number of esters is 2. The van der Waals surface area contributed by atoms with Crippen LogP contribution in [0, 0.1) is 35.1 Å². The molecule has 2 unspecified atom stereocenters. The second kappa shape index (κ2) is 9.91. The summed E-state index contributed by atoms with van der Waals surface area (Å²) >= 11 is 0. The molecule has 0 aliphatic heterocycles. The van der Waals surface area contributed by atoms with Crippen molar-refractivity contribution in [2.75, 3.05) is 0 Å². The first-order chi connectivity index (χ1) is 19.8. The molecule has 0 saturated heterocycles. The maximum Gasteiger partial charge on any atom is 0.316 e. The number of hydrogen-bond donors (Lipinski definition) is 0. The predicted molar refractivity (Wildman–Crippen MR) is 136 cm³/mol.